The lowest BCUT2D eigenvalue weighted by Crippen LogP contribution is -2.53. The molecule has 2 atom stereocenters. The Labute approximate surface area is 208 Å². The van der Waals surface area contributed by atoms with E-state index in [0.29, 0.717) is 29.4 Å². The molecule has 2 aromatic carbocycles. The second kappa shape index (κ2) is 8.81. The van der Waals surface area contributed by atoms with E-state index in [1.807, 2.05) is 38.1 Å². The van der Waals surface area contributed by atoms with Crippen LogP contribution >= 0.6 is 0 Å². The molecule has 3 saturated heterocycles. The van der Waals surface area contributed by atoms with Crippen molar-refractivity contribution < 1.29 is 18.7 Å². The van der Waals surface area contributed by atoms with Gasteiger partial charge in [-0.2, -0.15) is 0 Å². The van der Waals surface area contributed by atoms with Crippen molar-refractivity contribution in [1.29, 1.82) is 0 Å². The van der Waals surface area contributed by atoms with Crippen LogP contribution in [-0.4, -0.2) is 43.3 Å². The maximum atomic E-state index is 15.4. The Morgan fingerprint density at radius 1 is 1.14 bits per heavy atom. The maximum Gasteiger partial charge on any atom is 0.407 e. The number of ether oxygens (including phenoxy) is 2. The van der Waals surface area contributed by atoms with Crippen LogP contribution in [0, 0.1) is 17.2 Å². The zero-order valence-electron chi connectivity index (χ0n) is 21.5. The summed E-state index contributed by atoms with van der Waals surface area (Å²) < 4.78 is 27.4. The second-order valence-electron chi connectivity index (χ2n) is 12.1. The van der Waals surface area contributed by atoms with Gasteiger partial charge in [-0.25, -0.2) is 9.18 Å². The molecule has 0 spiro atoms. The molecule has 4 aliphatic rings. The Hall–Kier alpha value is -2.60. The highest BCUT2D eigenvalue weighted by Crippen LogP contribution is 2.45. The van der Waals surface area contributed by atoms with Gasteiger partial charge in [-0.05, 0) is 60.5 Å². The summed E-state index contributed by atoms with van der Waals surface area (Å²) in [5.74, 6) is 0.713. The number of halogens is 1. The second-order valence-corrected chi connectivity index (χ2v) is 12.1. The first-order chi connectivity index (χ1) is 16.5. The van der Waals surface area contributed by atoms with Crippen LogP contribution in [0.25, 0.3) is 11.1 Å². The number of piperidine rings is 3. The Balaban J connectivity index is 1.38. The van der Waals surface area contributed by atoms with Gasteiger partial charge in [0.15, 0.2) is 0 Å². The zero-order chi connectivity index (χ0) is 25.0. The van der Waals surface area contributed by atoms with Gasteiger partial charge in [0.1, 0.15) is 17.7 Å². The average molecular weight is 481 g/mol. The van der Waals surface area contributed by atoms with E-state index in [1.54, 1.807) is 6.07 Å². The molecule has 3 fully saturated rings. The minimum absolute atomic E-state index is 0.0314. The standard InChI is InChI=1S/C29H37FN2O3/c1-28(2,3)20-8-6-18(7-9-20)21-15-24-22(14-23(21)30)26(29(4,5)17-34-24)31-27(33)35-25-16-32-12-10-19(25)11-13-32/h6-9,14-15,19,25-26H,10-13,16-17H2,1-5H3,(H,31,33)/t25-,26?/m0/s1. The lowest BCUT2D eigenvalue weighted by Gasteiger charge is -2.44. The van der Waals surface area contributed by atoms with E-state index in [-0.39, 0.29) is 17.3 Å². The topological polar surface area (TPSA) is 50.8 Å². The third-order valence-electron chi connectivity index (χ3n) is 7.97. The molecule has 4 aliphatic heterocycles. The van der Waals surface area contributed by atoms with Crippen molar-refractivity contribution >= 4 is 6.09 Å². The highest BCUT2D eigenvalue weighted by atomic mass is 19.1. The van der Waals surface area contributed by atoms with Crippen molar-refractivity contribution in [1.82, 2.24) is 10.2 Å². The van der Waals surface area contributed by atoms with Gasteiger partial charge in [-0.3, -0.25) is 4.90 Å². The van der Waals surface area contributed by atoms with E-state index >= 15 is 4.39 Å². The van der Waals surface area contributed by atoms with Crippen molar-refractivity contribution in [3.8, 4) is 16.9 Å². The van der Waals surface area contributed by atoms with Crippen LogP contribution in [0.15, 0.2) is 36.4 Å². The summed E-state index contributed by atoms with van der Waals surface area (Å²) in [4.78, 5) is 15.3. The SMILES string of the molecule is CC(C)(C)c1ccc(-c2cc3c(cc2F)C(NC(=O)O[C@H]2CN4CCC2CC4)C(C)(C)CO3)cc1. The largest absolute Gasteiger partial charge is 0.493 e. The van der Waals surface area contributed by atoms with Gasteiger partial charge in [0.25, 0.3) is 0 Å². The molecule has 0 radical (unpaired) electrons. The summed E-state index contributed by atoms with van der Waals surface area (Å²) in [7, 11) is 0. The number of carbonyl (C=O) groups excluding carboxylic acids is 1. The molecule has 1 N–H and O–H groups in total. The normalized spacial score (nSPS) is 27.0. The number of fused-ring (bicyclic) bond motifs is 4. The fourth-order valence-corrected chi connectivity index (χ4v) is 5.67. The number of hydrogen-bond donors (Lipinski definition) is 1. The predicted octanol–water partition coefficient (Wildman–Crippen LogP) is 6.07. The van der Waals surface area contributed by atoms with E-state index in [1.165, 1.54) is 11.6 Å². The number of benzene rings is 2. The Morgan fingerprint density at radius 3 is 2.43 bits per heavy atom. The Kier molecular flexibility index (Phi) is 6.07. The van der Waals surface area contributed by atoms with Gasteiger partial charge in [0, 0.05) is 23.1 Å². The molecule has 6 rings (SSSR count). The van der Waals surface area contributed by atoms with Crippen LogP contribution in [0.1, 0.15) is 64.6 Å². The van der Waals surface area contributed by atoms with Crippen LogP contribution in [0.2, 0.25) is 0 Å². The van der Waals surface area contributed by atoms with Crippen molar-refractivity contribution in [2.24, 2.45) is 11.3 Å². The fraction of sp³-hybridized carbons (Fsp3) is 0.552. The number of nitrogens with zero attached hydrogens (tertiary/aromatic N) is 1. The molecule has 1 unspecified atom stereocenters. The molecule has 0 aromatic heterocycles. The van der Waals surface area contributed by atoms with Gasteiger partial charge in [-0.15, -0.1) is 0 Å². The Morgan fingerprint density at radius 2 is 1.83 bits per heavy atom. The molecule has 5 nitrogen and oxygen atoms in total. The first kappa shape index (κ1) is 24.1. The van der Waals surface area contributed by atoms with Gasteiger partial charge in [-0.1, -0.05) is 58.9 Å². The summed E-state index contributed by atoms with van der Waals surface area (Å²) in [6, 6.07) is 10.9. The van der Waals surface area contributed by atoms with E-state index in [2.05, 4.69) is 31.0 Å². The van der Waals surface area contributed by atoms with Crippen molar-refractivity contribution in [2.75, 3.05) is 26.2 Å². The van der Waals surface area contributed by atoms with E-state index in [9.17, 15) is 4.79 Å². The number of hydrogen-bond acceptors (Lipinski definition) is 4. The molecule has 35 heavy (non-hydrogen) atoms. The first-order valence-electron chi connectivity index (χ1n) is 12.8. The lowest BCUT2D eigenvalue weighted by atomic mass is 9.78. The third kappa shape index (κ3) is 4.77. The fourth-order valence-electron chi connectivity index (χ4n) is 5.67. The summed E-state index contributed by atoms with van der Waals surface area (Å²) in [6.07, 6.45) is 1.65. The third-order valence-corrected chi connectivity index (χ3v) is 7.97. The molecule has 2 aromatic rings. The van der Waals surface area contributed by atoms with Gasteiger partial charge < -0.3 is 14.8 Å². The molecule has 2 bridgehead atoms. The maximum absolute atomic E-state index is 15.4. The molecule has 0 saturated carbocycles. The van der Waals surface area contributed by atoms with Crippen molar-refractivity contribution in [3.05, 3.63) is 53.3 Å². The quantitative estimate of drug-likeness (QED) is 0.579. The molecule has 4 heterocycles. The first-order valence-corrected chi connectivity index (χ1v) is 12.8. The van der Waals surface area contributed by atoms with Gasteiger partial charge >= 0.3 is 6.09 Å². The summed E-state index contributed by atoms with van der Waals surface area (Å²) in [6.45, 7) is 13.9. The number of nitrogens with one attached hydrogen (secondary N) is 1. The van der Waals surface area contributed by atoms with Crippen LogP contribution in [0.5, 0.6) is 5.75 Å². The molecule has 0 aliphatic carbocycles. The molecular formula is C29H37FN2O3. The van der Waals surface area contributed by atoms with Crippen LogP contribution < -0.4 is 10.1 Å². The smallest absolute Gasteiger partial charge is 0.407 e. The van der Waals surface area contributed by atoms with Crippen LogP contribution in [-0.2, 0) is 10.2 Å². The van der Waals surface area contributed by atoms with Crippen LogP contribution in [0.4, 0.5) is 9.18 Å². The lowest BCUT2D eigenvalue weighted by molar-refractivity contribution is -0.0361. The highest BCUT2D eigenvalue weighted by Gasteiger charge is 2.41. The Bertz CT molecular complexity index is 1100. The molecular weight excluding hydrogens is 443 g/mol. The molecule has 188 valence electrons. The summed E-state index contributed by atoms with van der Waals surface area (Å²) in [5.41, 5.74) is 2.77. The minimum Gasteiger partial charge on any atom is -0.493 e. The van der Waals surface area contributed by atoms with Gasteiger partial charge in [0.2, 0.25) is 0 Å². The number of alkyl carbamates (subject to hydrolysis) is 1. The van der Waals surface area contributed by atoms with Gasteiger partial charge in [0.05, 0.1) is 12.6 Å². The van der Waals surface area contributed by atoms with Crippen molar-refractivity contribution in [3.63, 3.8) is 0 Å². The number of amides is 1. The molecule has 1 amide bonds. The van der Waals surface area contributed by atoms with Crippen LogP contribution in [0.3, 0.4) is 0 Å². The van der Waals surface area contributed by atoms with E-state index in [4.69, 9.17) is 9.47 Å². The van der Waals surface area contributed by atoms with Crippen molar-refractivity contribution in [2.45, 2.75) is 65.0 Å². The monoisotopic (exact) mass is 480 g/mol. The predicted molar refractivity (Wildman–Crippen MR) is 135 cm³/mol. The number of carbonyl (C=O) groups is 1. The zero-order valence-corrected chi connectivity index (χ0v) is 21.5. The summed E-state index contributed by atoms with van der Waals surface area (Å²) >= 11 is 0. The van der Waals surface area contributed by atoms with E-state index < -0.39 is 17.6 Å². The average Bonchev–Trinajstić information content (AvgIpc) is 2.81. The number of rotatable bonds is 3. The molecule has 6 heteroatoms. The highest BCUT2D eigenvalue weighted by molar-refractivity contribution is 5.71. The summed E-state index contributed by atoms with van der Waals surface area (Å²) in [5, 5.41) is 3.06. The van der Waals surface area contributed by atoms with E-state index in [0.717, 1.165) is 38.0 Å². The minimum atomic E-state index is -0.433.